The molecular formula is C14H21BrN2O3S. The second-order valence-corrected chi connectivity index (χ2v) is 8.08. The van der Waals surface area contributed by atoms with Gasteiger partial charge in [-0.3, -0.25) is 0 Å². The molecule has 2 rings (SSSR count). The standard InChI is InChI=1S/C14H21BrN2O3S/c1-14(5-7-20-8-6-14)17-21(18,19)13-4-3-11(10-16-2)9-12(13)15/h3-4,9,16-17H,5-8,10H2,1-2H3. The summed E-state index contributed by atoms with van der Waals surface area (Å²) >= 11 is 3.36. The lowest BCUT2D eigenvalue weighted by Crippen LogP contribution is -2.49. The molecule has 118 valence electrons. The molecule has 0 spiro atoms. The fraction of sp³-hybridized carbons (Fsp3) is 0.571. The Labute approximate surface area is 134 Å². The molecule has 0 aromatic heterocycles. The molecule has 1 aromatic carbocycles. The molecule has 0 radical (unpaired) electrons. The lowest BCUT2D eigenvalue weighted by molar-refractivity contribution is 0.0537. The zero-order valence-corrected chi connectivity index (χ0v) is 14.7. The highest BCUT2D eigenvalue weighted by Gasteiger charge is 2.33. The van der Waals surface area contributed by atoms with Gasteiger partial charge in [0.15, 0.2) is 0 Å². The molecule has 21 heavy (non-hydrogen) atoms. The fourth-order valence-electron chi connectivity index (χ4n) is 2.38. The van der Waals surface area contributed by atoms with Gasteiger partial charge in [0.25, 0.3) is 0 Å². The molecule has 1 aromatic rings. The van der Waals surface area contributed by atoms with Crippen molar-refractivity contribution >= 4 is 26.0 Å². The van der Waals surface area contributed by atoms with Gasteiger partial charge in [0, 0.05) is 29.8 Å². The summed E-state index contributed by atoms with van der Waals surface area (Å²) < 4.78 is 33.9. The van der Waals surface area contributed by atoms with Gasteiger partial charge in [0.05, 0.1) is 4.90 Å². The summed E-state index contributed by atoms with van der Waals surface area (Å²) in [7, 11) is -1.70. The summed E-state index contributed by atoms with van der Waals surface area (Å²) in [6.45, 7) is 3.79. The topological polar surface area (TPSA) is 67.4 Å². The molecule has 5 nitrogen and oxygen atoms in total. The summed E-state index contributed by atoms with van der Waals surface area (Å²) in [6, 6.07) is 5.29. The van der Waals surface area contributed by atoms with Crippen molar-refractivity contribution in [2.24, 2.45) is 0 Å². The third-order valence-electron chi connectivity index (χ3n) is 3.64. The highest BCUT2D eigenvalue weighted by atomic mass is 79.9. The van der Waals surface area contributed by atoms with Crippen molar-refractivity contribution in [3.63, 3.8) is 0 Å². The Morgan fingerprint density at radius 3 is 2.57 bits per heavy atom. The number of halogens is 1. The zero-order chi connectivity index (χ0) is 15.5. The quantitative estimate of drug-likeness (QED) is 0.824. The Morgan fingerprint density at radius 2 is 2.00 bits per heavy atom. The molecule has 0 bridgehead atoms. The summed E-state index contributed by atoms with van der Waals surface area (Å²) in [6.07, 6.45) is 1.36. The van der Waals surface area contributed by atoms with Gasteiger partial charge in [-0.1, -0.05) is 6.07 Å². The van der Waals surface area contributed by atoms with Gasteiger partial charge in [0.2, 0.25) is 10.0 Å². The summed E-state index contributed by atoms with van der Waals surface area (Å²) in [4.78, 5) is 0.273. The van der Waals surface area contributed by atoms with E-state index < -0.39 is 15.6 Å². The van der Waals surface area contributed by atoms with E-state index in [2.05, 4.69) is 26.0 Å². The van der Waals surface area contributed by atoms with E-state index >= 15 is 0 Å². The van der Waals surface area contributed by atoms with Crippen LogP contribution in [0.5, 0.6) is 0 Å². The zero-order valence-electron chi connectivity index (χ0n) is 12.3. The largest absolute Gasteiger partial charge is 0.381 e. The highest BCUT2D eigenvalue weighted by molar-refractivity contribution is 9.10. The molecule has 2 N–H and O–H groups in total. The SMILES string of the molecule is CNCc1ccc(S(=O)(=O)NC2(C)CCOCC2)c(Br)c1. The molecule has 1 fully saturated rings. The van der Waals surface area contributed by atoms with E-state index in [-0.39, 0.29) is 4.90 Å². The number of hydrogen-bond donors (Lipinski definition) is 2. The summed E-state index contributed by atoms with van der Waals surface area (Å²) in [5, 5.41) is 3.04. The van der Waals surface area contributed by atoms with Crippen LogP contribution in [0.4, 0.5) is 0 Å². The Morgan fingerprint density at radius 1 is 1.33 bits per heavy atom. The van der Waals surface area contributed by atoms with Crippen molar-refractivity contribution in [2.45, 2.75) is 36.7 Å². The summed E-state index contributed by atoms with van der Waals surface area (Å²) in [5.74, 6) is 0. The monoisotopic (exact) mass is 376 g/mol. The number of nitrogens with one attached hydrogen (secondary N) is 2. The molecule has 0 unspecified atom stereocenters. The highest BCUT2D eigenvalue weighted by Crippen LogP contribution is 2.27. The maximum absolute atomic E-state index is 12.6. The van der Waals surface area contributed by atoms with E-state index in [9.17, 15) is 8.42 Å². The molecule has 0 amide bonds. The average Bonchev–Trinajstić information content (AvgIpc) is 2.38. The predicted octanol–water partition coefficient (Wildman–Crippen LogP) is 2.02. The van der Waals surface area contributed by atoms with Gasteiger partial charge >= 0.3 is 0 Å². The van der Waals surface area contributed by atoms with Crippen LogP contribution in [0.25, 0.3) is 0 Å². The van der Waals surface area contributed by atoms with E-state index in [1.54, 1.807) is 6.07 Å². The maximum Gasteiger partial charge on any atom is 0.242 e. The predicted molar refractivity (Wildman–Crippen MR) is 85.7 cm³/mol. The van der Waals surface area contributed by atoms with E-state index in [4.69, 9.17) is 4.74 Å². The van der Waals surface area contributed by atoms with E-state index in [0.717, 1.165) is 5.56 Å². The van der Waals surface area contributed by atoms with E-state index in [1.165, 1.54) is 0 Å². The van der Waals surface area contributed by atoms with Crippen LogP contribution in [0.2, 0.25) is 0 Å². The Bertz CT molecular complexity index is 598. The molecular weight excluding hydrogens is 356 g/mol. The first-order valence-electron chi connectivity index (χ1n) is 6.91. The van der Waals surface area contributed by atoms with Crippen molar-refractivity contribution in [1.29, 1.82) is 0 Å². The second-order valence-electron chi connectivity index (χ2n) is 5.57. The van der Waals surface area contributed by atoms with Crippen molar-refractivity contribution in [3.8, 4) is 0 Å². The fourth-order valence-corrected chi connectivity index (χ4v) is 4.97. The molecule has 1 heterocycles. The molecule has 1 aliphatic heterocycles. The van der Waals surface area contributed by atoms with Gasteiger partial charge in [-0.2, -0.15) is 0 Å². The molecule has 1 aliphatic rings. The van der Waals surface area contributed by atoms with E-state index in [1.807, 2.05) is 26.1 Å². The van der Waals surface area contributed by atoms with Crippen LogP contribution >= 0.6 is 15.9 Å². The second kappa shape index (κ2) is 6.75. The Hall–Kier alpha value is -0.470. The van der Waals surface area contributed by atoms with Crippen molar-refractivity contribution in [2.75, 3.05) is 20.3 Å². The van der Waals surface area contributed by atoms with Gasteiger partial charge < -0.3 is 10.1 Å². The van der Waals surface area contributed by atoms with Crippen LogP contribution in [0.1, 0.15) is 25.3 Å². The van der Waals surface area contributed by atoms with Crippen molar-refractivity contribution in [1.82, 2.24) is 10.0 Å². The lowest BCUT2D eigenvalue weighted by Gasteiger charge is -2.34. The summed E-state index contributed by atoms with van der Waals surface area (Å²) in [5.41, 5.74) is 0.584. The first kappa shape index (κ1) is 16.9. The van der Waals surface area contributed by atoms with Gasteiger partial charge in [-0.05, 0) is 60.4 Å². The number of sulfonamides is 1. The third kappa shape index (κ3) is 4.26. The first-order valence-corrected chi connectivity index (χ1v) is 9.19. The van der Waals surface area contributed by atoms with E-state index in [0.29, 0.717) is 37.1 Å². The maximum atomic E-state index is 12.6. The third-order valence-corrected chi connectivity index (χ3v) is 6.26. The van der Waals surface area contributed by atoms with Crippen LogP contribution in [-0.2, 0) is 21.3 Å². The van der Waals surface area contributed by atoms with Gasteiger partial charge in [-0.15, -0.1) is 0 Å². The number of rotatable bonds is 5. The minimum atomic E-state index is -3.55. The number of ether oxygens (including phenoxy) is 1. The van der Waals surface area contributed by atoms with Crippen LogP contribution in [-0.4, -0.2) is 34.2 Å². The average molecular weight is 377 g/mol. The molecule has 0 atom stereocenters. The van der Waals surface area contributed by atoms with Crippen LogP contribution < -0.4 is 10.0 Å². The minimum Gasteiger partial charge on any atom is -0.381 e. The number of hydrogen-bond acceptors (Lipinski definition) is 4. The van der Waals surface area contributed by atoms with Crippen molar-refractivity contribution in [3.05, 3.63) is 28.2 Å². The number of benzene rings is 1. The van der Waals surface area contributed by atoms with Crippen LogP contribution in [0, 0.1) is 0 Å². The Balaban J connectivity index is 2.23. The molecule has 7 heteroatoms. The smallest absolute Gasteiger partial charge is 0.242 e. The van der Waals surface area contributed by atoms with Crippen LogP contribution in [0.3, 0.4) is 0 Å². The normalized spacial score (nSPS) is 18.6. The minimum absolute atomic E-state index is 0.273. The first-order chi connectivity index (χ1) is 9.86. The molecule has 1 saturated heterocycles. The Kier molecular flexibility index (Phi) is 5.43. The lowest BCUT2D eigenvalue weighted by atomic mass is 9.94. The van der Waals surface area contributed by atoms with Gasteiger partial charge in [-0.25, -0.2) is 13.1 Å². The van der Waals surface area contributed by atoms with Crippen LogP contribution in [0.15, 0.2) is 27.6 Å². The van der Waals surface area contributed by atoms with Gasteiger partial charge in [0.1, 0.15) is 0 Å². The van der Waals surface area contributed by atoms with Crippen molar-refractivity contribution < 1.29 is 13.2 Å². The molecule has 0 aliphatic carbocycles. The molecule has 0 saturated carbocycles.